The molecule has 2 aliphatic rings. The molecular weight excluding hydrogens is 216 g/mol. The Morgan fingerprint density at radius 2 is 1.75 bits per heavy atom. The average molecular weight is 242 g/mol. The molecule has 0 aliphatic carbocycles. The molecule has 2 heterocycles. The van der Waals surface area contributed by atoms with Gasteiger partial charge in [0.2, 0.25) is 0 Å². The second-order valence-corrected chi connectivity index (χ2v) is 7.89. The van der Waals surface area contributed by atoms with Crippen LogP contribution in [0.5, 0.6) is 0 Å². The number of hydrogen-bond acceptors (Lipinski definition) is 3. The molecular formula is C13H26N2S. The van der Waals surface area contributed by atoms with Gasteiger partial charge in [0.15, 0.2) is 0 Å². The van der Waals surface area contributed by atoms with Crippen molar-refractivity contribution in [2.75, 3.05) is 32.7 Å². The highest BCUT2D eigenvalue weighted by Crippen LogP contribution is 2.32. The van der Waals surface area contributed by atoms with E-state index in [1.165, 1.54) is 45.6 Å². The highest BCUT2D eigenvalue weighted by atomic mass is 32.2. The maximum atomic E-state index is 3.47. The third kappa shape index (κ3) is 3.38. The Hall–Kier alpha value is 0.270. The van der Waals surface area contributed by atoms with E-state index in [1.54, 1.807) is 0 Å². The minimum atomic E-state index is 0.562. The predicted octanol–water partition coefficient (Wildman–Crippen LogP) is 2.20. The van der Waals surface area contributed by atoms with Gasteiger partial charge in [0, 0.05) is 30.1 Å². The lowest BCUT2D eigenvalue weighted by Crippen LogP contribution is -2.48. The zero-order valence-corrected chi connectivity index (χ0v) is 11.8. The van der Waals surface area contributed by atoms with Crippen LogP contribution in [0, 0.1) is 5.41 Å². The third-order valence-corrected chi connectivity index (χ3v) is 5.14. The standard InChI is InChI=1S/C13H26N2S/c1-11-8-15(9-12(2)16-11)10-13(3)4-6-14-7-5-13/h11-12,14H,4-10H2,1-3H3. The summed E-state index contributed by atoms with van der Waals surface area (Å²) in [6.07, 6.45) is 2.69. The zero-order chi connectivity index (χ0) is 11.6. The van der Waals surface area contributed by atoms with Gasteiger partial charge in [-0.25, -0.2) is 0 Å². The third-order valence-electron chi connectivity index (χ3n) is 3.91. The molecule has 0 bridgehead atoms. The fraction of sp³-hybridized carbons (Fsp3) is 1.00. The van der Waals surface area contributed by atoms with Crippen LogP contribution in [-0.2, 0) is 0 Å². The summed E-state index contributed by atoms with van der Waals surface area (Å²) >= 11 is 2.15. The lowest BCUT2D eigenvalue weighted by Gasteiger charge is -2.42. The topological polar surface area (TPSA) is 15.3 Å². The summed E-state index contributed by atoms with van der Waals surface area (Å²) in [6, 6.07) is 0. The van der Waals surface area contributed by atoms with E-state index in [4.69, 9.17) is 0 Å². The number of thioether (sulfide) groups is 1. The van der Waals surface area contributed by atoms with E-state index >= 15 is 0 Å². The van der Waals surface area contributed by atoms with Crippen molar-refractivity contribution in [1.82, 2.24) is 10.2 Å². The summed E-state index contributed by atoms with van der Waals surface area (Å²) in [6.45, 7) is 13.5. The summed E-state index contributed by atoms with van der Waals surface area (Å²) in [7, 11) is 0. The number of nitrogens with one attached hydrogen (secondary N) is 1. The molecule has 0 saturated carbocycles. The molecule has 94 valence electrons. The van der Waals surface area contributed by atoms with E-state index < -0.39 is 0 Å². The Labute approximate surface area is 105 Å². The van der Waals surface area contributed by atoms with Gasteiger partial charge in [0.25, 0.3) is 0 Å². The smallest absolute Gasteiger partial charge is 0.0149 e. The summed E-state index contributed by atoms with van der Waals surface area (Å²) in [5.41, 5.74) is 0.562. The average Bonchev–Trinajstić information content (AvgIpc) is 2.15. The monoisotopic (exact) mass is 242 g/mol. The number of hydrogen-bond donors (Lipinski definition) is 1. The van der Waals surface area contributed by atoms with E-state index in [-0.39, 0.29) is 0 Å². The van der Waals surface area contributed by atoms with Crippen LogP contribution in [0.25, 0.3) is 0 Å². The zero-order valence-electron chi connectivity index (χ0n) is 11.0. The van der Waals surface area contributed by atoms with E-state index in [2.05, 4.69) is 42.7 Å². The summed E-state index contributed by atoms with van der Waals surface area (Å²) < 4.78 is 0. The van der Waals surface area contributed by atoms with E-state index in [1.807, 2.05) is 0 Å². The van der Waals surface area contributed by atoms with Crippen molar-refractivity contribution in [3.8, 4) is 0 Å². The van der Waals surface area contributed by atoms with Crippen molar-refractivity contribution in [2.24, 2.45) is 5.41 Å². The fourth-order valence-corrected chi connectivity index (χ4v) is 4.53. The Bertz CT molecular complexity index is 216. The first-order valence-electron chi connectivity index (χ1n) is 6.66. The van der Waals surface area contributed by atoms with E-state index in [0.717, 1.165) is 10.5 Å². The first-order valence-corrected chi connectivity index (χ1v) is 7.60. The van der Waals surface area contributed by atoms with Gasteiger partial charge in [0.05, 0.1) is 0 Å². The highest BCUT2D eigenvalue weighted by molar-refractivity contribution is 8.00. The molecule has 0 aromatic carbocycles. The normalized spacial score (nSPS) is 36.2. The number of rotatable bonds is 2. The summed E-state index contributed by atoms with van der Waals surface area (Å²) in [5.74, 6) is 0. The molecule has 16 heavy (non-hydrogen) atoms. The molecule has 1 N–H and O–H groups in total. The molecule has 0 aromatic rings. The van der Waals surface area contributed by atoms with Crippen LogP contribution in [0.4, 0.5) is 0 Å². The quantitative estimate of drug-likeness (QED) is 0.799. The van der Waals surface area contributed by atoms with Crippen LogP contribution in [0.15, 0.2) is 0 Å². The van der Waals surface area contributed by atoms with Crippen LogP contribution in [0.2, 0.25) is 0 Å². The molecule has 0 radical (unpaired) electrons. The second kappa shape index (κ2) is 5.28. The van der Waals surface area contributed by atoms with Crippen molar-refractivity contribution < 1.29 is 0 Å². The van der Waals surface area contributed by atoms with Crippen molar-refractivity contribution in [3.05, 3.63) is 0 Å². The Balaban J connectivity index is 1.87. The first kappa shape index (κ1) is 12.7. The van der Waals surface area contributed by atoms with Crippen molar-refractivity contribution in [2.45, 2.75) is 44.1 Å². The van der Waals surface area contributed by atoms with Crippen LogP contribution < -0.4 is 5.32 Å². The lowest BCUT2D eigenvalue weighted by molar-refractivity contribution is 0.127. The minimum absolute atomic E-state index is 0.562. The van der Waals surface area contributed by atoms with Crippen molar-refractivity contribution in [3.63, 3.8) is 0 Å². The highest BCUT2D eigenvalue weighted by Gasteiger charge is 2.31. The van der Waals surface area contributed by atoms with Gasteiger partial charge >= 0.3 is 0 Å². The summed E-state index contributed by atoms with van der Waals surface area (Å²) in [4.78, 5) is 2.71. The van der Waals surface area contributed by atoms with Gasteiger partial charge in [-0.1, -0.05) is 20.8 Å². The predicted molar refractivity (Wildman–Crippen MR) is 73.2 cm³/mol. The van der Waals surface area contributed by atoms with Gasteiger partial charge < -0.3 is 10.2 Å². The fourth-order valence-electron chi connectivity index (χ4n) is 3.14. The second-order valence-electron chi connectivity index (χ2n) is 6.01. The first-order chi connectivity index (χ1) is 7.57. The van der Waals surface area contributed by atoms with Gasteiger partial charge in [-0.2, -0.15) is 11.8 Å². The van der Waals surface area contributed by atoms with Crippen LogP contribution >= 0.6 is 11.8 Å². The van der Waals surface area contributed by atoms with Gasteiger partial charge in [-0.05, 0) is 31.3 Å². The van der Waals surface area contributed by atoms with Crippen LogP contribution in [0.3, 0.4) is 0 Å². The molecule has 2 saturated heterocycles. The van der Waals surface area contributed by atoms with Crippen LogP contribution in [-0.4, -0.2) is 48.1 Å². The molecule has 2 rings (SSSR count). The maximum absolute atomic E-state index is 3.47. The van der Waals surface area contributed by atoms with Gasteiger partial charge in [-0.3, -0.25) is 0 Å². The Morgan fingerprint density at radius 3 is 2.31 bits per heavy atom. The van der Waals surface area contributed by atoms with E-state index in [9.17, 15) is 0 Å². The molecule has 2 atom stereocenters. The Morgan fingerprint density at radius 1 is 1.19 bits per heavy atom. The minimum Gasteiger partial charge on any atom is -0.317 e. The molecule has 3 heteroatoms. The van der Waals surface area contributed by atoms with Gasteiger partial charge in [0.1, 0.15) is 0 Å². The van der Waals surface area contributed by atoms with E-state index in [0.29, 0.717) is 5.41 Å². The maximum Gasteiger partial charge on any atom is 0.0149 e. The molecule has 2 fully saturated rings. The summed E-state index contributed by atoms with van der Waals surface area (Å²) in [5, 5.41) is 5.10. The number of nitrogens with zero attached hydrogens (tertiary/aromatic N) is 1. The van der Waals surface area contributed by atoms with Crippen molar-refractivity contribution in [1.29, 1.82) is 0 Å². The molecule has 0 spiro atoms. The SMILES string of the molecule is CC1CN(CC2(C)CCNCC2)CC(C)S1. The van der Waals surface area contributed by atoms with Crippen LogP contribution in [0.1, 0.15) is 33.6 Å². The van der Waals surface area contributed by atoms with Gasteiger partial charge in [-0.15, -0.1) is 0 Å². The number of piperidine rings is 1. The molecule has 0 aromatic heterocycles. The Kier molecular flexibility index (Phi) is 4.20. The lowest BCUT2D eigenvalue weighted by atomic mass is 9.80. The van der Waals surface area contributed by atoms with Crippen molar-refractivity contribution >= 4 is 11.8 Å². The molecule has 2 aliphatic heterocycles. The largest absolute Gasteiger partial charge is 0.317 e. The molecule has 2 nitrogen and oxygen atoms in total. The molecule has 0 amide bonds. The molecule has 2 unspecified atom stereocenters.